The lowest BCUT2D eigenvalue weighted by molar-refractivity contribution is -0.142. The molecule has 1 aromatic rings. The van der Waals surface area contributed by atoms with E-state index in [0.29, 0.717) is 24.9 Å². The fourth-order valence-corrected chi connectivity index (χ4v) is 2.83. The first-order chi connectivity index (χ1) is 9.24. The van der Waals surface area contributed by atoms with Gasteiger partial charge in [-0.05, 0) is 32.6 Å². The first-order valence-electron chi connectivity index (χ1n) is 6.94. The molecule has 2 aliphatic heterocycles. The van der Waals surface area contributed by atoms with E-state index in [4.69, 9.17) is 9.26 Å². The van der Waals surface area contributed by atoms with Crippen LogP contribution in [0, 0.1) is 6.92 Å². The summed E-state index contributed by atoms with van der Waals surface area (Å²) in [5.74, 6) is 1.60. The Morgan fingerprint density at radius 1 is 1.37 bits per heavy atom. The number of likely N-dealkylation sites (tertiary alicyclic amines) is 1. The zero-order chi connectivity index (χ0) is 13.2. The first kappa shape index (κ1) is 12.6. The SMILES string of the molecule is Cc1noc(C2CCCN(C(=O)C3CCCO3)C2)n1. The zero-order valence-corrected chi connectivity index (χ0v) is 11.2. The number of aryl methyl sites for hydroxylation is 1. The number of amides is 1. The van der Waals surface area contributed by atoms with Crippen LogP contribution >= 0.6 is 0 Å². The topological polar surface area (TPSA) is 68.5 Å². The molecule has 0 spiro atoms. The minimum absolute atomic E-state index is 0.124. The Morgan fingerprint density at radius 2 is 2.26 bits per heavy atom. The Hall–Kier alpha value is -1.43. The predicted octanol–water partition coefficient (Wildman–Crippen LogP) is 1.26. The van der Waals surface area contributed by atoms with Crippen LogP contribution in [0.15, 0.2) is 4.52 Å². The standard InChI is InChI=1S/C13H19N3O3/c1-9-14-12(19-15-9)10-4-2-6-16(8-10)13(17)11-5-3-7-18-11/h10-11H,2-8H2,1H3. The maximum atomic E-state index is 12.3. The average Bonchev–Trinajstić information content (AvgIpc) is 3.09. The van der Waals surface area contributed by atoms with Crippen LogP contribution in [0.5, 0.6) is 0 Å². The Morgan fingerprint density at radius 3 is 2.95 bits per heavy atom. The van der Waals surface area contributed by atoms with Gasteiger partial charge in [0.15, 0.2) is 5.82 Å². The van der Waals surface area contributed by atoms with Gasteiger partial charge in [-0.25, -0.2) is 0 Å². The number of carbonyl (C=O) groups excluding carboxylic acids is 1. The van der Waals surface area contributed by atoms with Crippen LogP contribution in [0.4, 0.5) is 0 Å². The molecule has 3 heterocycles. The number of rotatable bonds is 2. The number of piperidine rings is 1. The maximum absolute atomic E-state index is 12.3. The lowest BCUT2D eigenvalue weighted by Crippen LogP contribution is -2.44. The predicted molar refractivity (Wildman–Crippen MR) is 66.6 cm³/mol. The number of carbonyl (C=O) groups is 1. The molecule has 2 saturated heterocycles. The van der Waals surface area contributed by atoms with Gasteiger partial charge in [-0.1, -0.05) is 5.16 Å². The lowest BCUT2D eigenvalue weighted by atomic mass is 9.97. The third-order valence-electron chi connectivity index (χ3n) is 3.83. The van der Waals surface area contributed by atoms with E-state index in [0.717, 1.165) is 32.2 Å². The van der Waals surface area contributed by atoms with E-state index >= 15 is 0 Å². The number of ether oxygens (including phenoxy) is 1. The Bertz CT molecular complexity index is 454. The molecule has 2 fully saturated rings. The van der Waals surface area contributed by atoms with Gasteiger partial charge in [0, 0.05) is 19.7 Å². The molecule has 2 aliphatic rings. The van der Waals surface area contributed by atoms with Crippen LogP contribution < -0.4 is 0 Å². The third-order valence-corrected chi connectivity index (χ3v) is 3.83. The van der Waals surface area contributed by atoms with Crippen LogP contribution in [-0.2, 0) is 9.53 Å². The lowest BCUT2D eigenvalue weighted by Gasteiger charge is -2.32. The fourth-order valence-electron chi connectivity index (χ4n) is 2.83. The van der Waals surface area contributed by atoms with Gasteiger partial charge in [-0.2, -0.15) is 4.98 Å². The van der Waals surface area contributed by atoms with Gasteiger partial charge in [-0.3, -0.25) is 4.79 Å². The molecule has 2 atom stereocenters. The summed E-state index contributed by atoms with van der Waals surface area (Å²) in [6.45, 7) is 3.99. The van der Waals surface area contributed by atoms with E-state index in [1.54, 1.807) is 0 Å². The minimum Gasteiger partial charge on any atom is -0.368 e. The summed E-state index contributed by atoms with van der Waals surface area (Å²) in [6.07, 6.45) is 3.57. The molecule has 0 bridgehead atoms. The minimum atomic E-state index is -0.233. The molecule has 2 unspecified atom stereocenters. The maximum Gasteiger partial charge on any atom is 0.251 e. The van der Waals surface area contributed by atoms with E-state index in [2.05, 4.69) is 10.1 Å². The van der Waals surface area contributed by atoms with Gasteiger partial charge in [-0.15, -0.1) is 0 Å². The van der Waals surface area contributed by atoms with Crippen molar-refractivity contribution in [3.8, 4) is 0 Å². The van der Waals surface area contributed by atoms with E-state index in [1.807, 2.05) is 11.8 Å². The van der Waals surface area contributed by atoms with Crippen LogP contribution in [0.3, 0.4) is 0 Å². The van der Waals surface area contributed by atoms with Crippen molar-refractivity contribution in [1.29, 1.82) is 0 Å². The van der Waals surface area contributed by atoms with Crippen LogP contribution in [0.1, 0.15) is 43.3 Å². The molecule has 19 heavy (non-hydrogen) atoms. The van der Waals surface area contributed by atoms with Crippen molar-refractivity contribution in [2.24, 2.45) is 0 Å². The normalized spacial score (nSPS) is 27.7. The van der Waals surface area contributed by atoms with Crippen molar-refractivity contribution in [1.82, 2.24) is 15.0 Å². The number of hydrogen-bond acceptors (Lipinski definition) is 5. The van der Waals surface area contributed by atoms with Crippen molar-refractivity contribution in [3.63, 3.8) is 0 Å². The van der Waals surface area contributed by atoms with Gasteiger partial charge in [0.2, 0.25) is 5.89 Å². The van der Waals surface area contributed by atoms with Gasteiger partial charge >= 0.3 is 0 Å². The Balaban J connectivity index is 1.65. The van der Waals surface area contributed by atoms with Crippen molar-refractivity contribution >= 4 is 5.91 Å². The van der Waals surface area contributed by atoms with Crippen molar-refractivity contribution in [2.45, 2.75) is 44.6 Å². The molecule has 104 valence electrons. The van der Waals surface area contributed by atoms with Crippen LogP contribution in [0.2, 0.25) is 0 Å². The molecule has 1 aromatic heterocycles. The van der Waals surface area contributed by atoms with Crippen molar-refractivity contribution < 1.29 is 14.1 Å². The molecule has 6 nitrogen and oxygen atoms in total. The molecule has 1 amide bonds. The molecule has 3 rings (SSSR count). The third kappa shape index (κ3) is 2.63. The van der Waals surface area contributed by atoms with E-state index < -0.39 is 0 Å². The highest BCUT2D eigenvalue weighted by atomic mass is 16.5. The van der Waals surface area contributed by atoms with Crippen molar-refractivity contribution in [3.05, 3.63) is 11.7 Å². The monoisotopic (exact) mass is 265 g/mol. The van der Waals surface area contributed by atoms with E-state index in [9.17, 15) is 4.79 Å². The van der Waals surface area contributed by atoms with Gasteiger partial charge < -0.3 is 14.2 Å². The fraction of sp³-hybridized carbons (Fsp3) is 0.769. The molecule has 0 radical (unpaired) electrons. The summed E-state index contributed by atoms with van der Waals surface area (Å²) in [5.41, 5.74) is 0. The van der Waals surface area contributed by atoms with E-state index in [1.165, 1.54) is 0 Å². The second kappa shape index (κ2) is 5.28. The first-order valence-corrected chi connectivity index (χ1v) is 6.94. The summed E-state index contributed by atoms with van der Waals surface area (Å²) in [7, 11) is 0. The van der Waals surface area contributed by atoms with Gasteiger partial charge in [0.1, 0.15) is 6.10 Å². The molecule has 0 aliphatic carbocycles. The second-order valence-electron chi connectivity index (χ2n) is 5.30. The van der Waals surface area contributed by atoms with E-state index in [-0.39, 0.29) is 17.9 Å². The highest BCUT2D eigenvalue weighted by Gasteiger charge is 2.33. The number of aromatic nitrogens is 2. The Labute approximate surface area is 112 Å². The molecular formula is C13H19N3O3. The molecule has 0 saturated carbocycles. The molecule has 0 N–H and O–H groups in total. The number of hydrogen-bond donors (Lipinski definition) is 0. The van der Waals surface area contributed by atoms with Gasteiger partial charge in [0.25, 0.3) is 5.91 Å². The van der Waals surface area contributed by atoms with Crippen LogP contribution in [-0.4, -0.2) is 46.7 Å². The Kier molecular flexibility index (Phi) is 3.50. The summed E-state index contributed by atoms with van der Waals surface area (Å²) < 4.78 is 10.7. The zero-order valence-electron chi connectivity index (χ0n) is 11.2. The summed E-state index contributed by atoms with van der Waals surface area (Å²) in [4.78, 5) is 18.5. The molecule has 6 heteroatoms. The second-order valence-corrected chi connectivity index (χ2v) is 5.30. The highest BCUT2D eigenvalue weighted by Crippen LogP contribution is 2.27. The smallest absolute Gasteiger partial charge is 0.251 e. The average molecular weight is 265 g/mol. The van der Waals surface area contributed by atoms with Crippen molar-refractivity contribution in [2.75, 3.05) is 19.7 Å². The summed E-state index contributed by atoms with van der Waals surface area (Å²) >= 11 is 0. The molecular weight excluding hydrogens is 246 g/mol. The molecule has 0 aromatic carbocycles. The largest absolute Gasteiger partial charge is 0.368 e. The summed E-state index contributed by atoms with van der Waals surface area (Å²) in [5, 5.41) is 3.82. The van der Waals surface area contributed by atoms with Crippen LogP contribution in [0.25, 0.3) is 0 Å². The number of nitrogens with zero attached hydrogens (tertiary/aromatic N) is 3. The summed E-state index contributed by atoms with van der Waals surface area (Å²) in [6, 6.07) is 0. The highest BCUT2D eigenvalue weighted by molar-refractivity contribution is 5.81. The quantitative estimate of drug-likeness (QED) is 0.805. The van der Waals surface area contributed by atoms with Gasteiger partial charge in [0.05, 0.1) is 5.92 Å².